The van der Waals surface area contributed by atoms with Crippen LogP contribution in [0.1, 0.15) is 45.5 Å². The van der Waals surface area contributed by atoms with Crippen molar-refractivity contribution in [2.24, 2.45) is 0 Å². The third-order valence-electron chi connectivity index (χ3n) is 3.84. The first-order chi connectivity index (χ1) is 11.2. The number of nitrogens with one attached hydrogen (secondary N) is 1. The van der Waals surface area contributed by atoms with Crippen molar-refractivity contribution in [3.63, 3.8) is 0 Å². The summed E-state index contributed by atoms with van der Waals surface area (Å²) < 4.78 is 10.6. The number of furan rings is 1. The minimum atomic E-state index is -0.910. The predicted octanol–water partition coefficient (Wildman–Crippen LogP) is 4.01. The van der Waals surface area contributed by atoms with Crippen LogP contribution in [0.25, 0.3) is 0 Å². The Kier molecular flexibility index (Phi) is 5.12. The second kappa shape index (κ2) is 6.91. The van der Waals surface area contributed by atoms with Crippen LogP contribution in [0.3, 0.4) is 0 Å². The van der Waals surface area contributed by atoms with Gasteiger partial charge in [0.05, 0.1) is 0 Å². The Bertz CT molecular complexity index is 766. The van der Waals surface area contributed by atoms with E-state index in [1.807, 2.05) is 32.9 Å². The summed E-state index contributed by atoms with van der Waals surface area (Å²) >= 11 is 0. The van der Waals surface area contributed by atoms with Crippen LogP contribution in [0.2, 0.25) is 0 Å². The number of ether oxygens (including phenoxy) is 1. The van der Waals surface area contributed by atoms with Crippen molar-refractivity contribution >= 4 is 17.6 Å². The van der Waals surface area contributed by atoms with Crippen LogP contribution >= 0.6 is 0 Å². The Morgan fingerprint density at radius 2 is 1.62 bits per heavy atom. The number of hydrogen-bond donors (Lipinski definition) is 1. The molecule has 5 heteroatoms. The number of amides is 1. The minimum absolute atomic E-state index is 0.342. The van der Waals surface area contributed by atoms with E-state index in [1.165, 1.54) is 0 Å². The lowest BCUT2D eigenvalue weighted by Crippen LogP contribution is -2.30. The minimum Gasteiger partial charge on any atom is -0.466 e. The van der Waals surface area contributed by atoms with Gasteiger partial charge in [0.25, 0.3) is 5.91 Å². The van der Waals surface area contributed by atoms with E-state index in [2.05, 4.69) is 5.32 Å². The Morgan fingerprint density at radius 1 is 1.04 bits per heavy atom. The maximum absolute atomic E-state index is 12.3. The van der Waals surface area contributed by atoms with Crippen LogP contribution in [-0.4, -0.2) is 18.0 Å². The van der Waals surface area contributed by atoms with Crippen molar-refractivity contribution in [2.75, 3.05) is 5.32 Å². The van der Waals surface area contributed by atoms with Crippen LogP contribution in [0.5, 0.6) is 0 Å². The molecule has 0 aliphatic rings. The van der Waals surface area contributed by atoms with E-state index in [-0.39, 0.29) is 5.91 Å². The fourth-order valence-corrected chi connectivity index (χ4v) is 2.71. The lowest BCUT2D eigenvalue weighted by molar-refractivity contribution is -0.123. The molecular formula is C19H23NO4. The van der Waals surface area contributed by atoms with Crippen molar-refractivity contribution in [3.05, 3.63) is 52.0 Å². The maximum atomic E-state index is 12.3. The Balaban J connectivity index is 2.08. The van der Waals surface area contributed by atoms with Gasteiger partial charge < -0.3 is 14.5 Å². The Hall–Kier alpha value is -2.56. The molecule has 24 heavy (non-hydrogen) atoms. The molecule has 0 aliphatic carbocycles. The monoisotopic (exact) mass is 329 g/mol. The number of aryl methyl sites for hydroxylation is 5. The van der Waals surface area contributed by atoms with E-state index >= 15 is 0 Å². The standard InChI is InChI=1S/C19H23NO4/c1-10-7-11(2)17(12(3)8-10)20-18(21)15(6)24-19(22)16-9-13(4)23-14(16)5/h7-9,15H,1-6H3,(H,20,21)/t15-/m0/s1. The van der Waals surface area contributed by atoms with Gasteiger partial charge in [-0.25, -0.2) is 4.79 Å². The van der Waals surface area contributed by atoms with Crippen molar-refractivity contribution in [3.8, 4) is 0 Å². The molecule has 128 valence electrons. The molecule has 0 saturated carbocycles. The number of carbonyl (C=O) groups is 2. The van der Waals surface area contributed by atoms with E-state index in [0.717, 1.165) is 22.4 Å². The summed E-state index contributed by atoms with van der Waals surface area (Å²) in [5, 5.41) is 2.84. The number of benzene rings is 1. The quantitative estimate of drug-likeness (QED) is 0.861. The molecule has 1 N–H and O–H groups in total. The molecule has 0 fully saturated rings. The largest absolute Gasteiger partial charge is 0.466 e. The normalized spacial score (nSPS) is 11.9. The summed E-state index contributed by atoms with van der Waals surface area (Å²) in [6.45, 7) is 10.9. The van der Waals surface area contributed by atoms with Gasteiger partial charge in [-0.05, 0) is 58.7 Å². The van der Waals surface area contributed by atoms with Crippen molar-refractivity contribution in [2.45, 2.75) is 47.6 Å². The summed E-state index contributed by atoms with van der Waals surface area (Å²) in [6.07, 6.45) is -0.910. The highest BCUT2D eigenvalue weighted by atomic mass is 16.5. The zero-order valence-electron chi connectivity index (χ0n) is 14.9. The molecular weight excluding hydrogens is 306 g/mol. The topological polar surface area (TPSA) is 68.5 Å². The van der Waals surface area contributed by atoms with Gasteiger partial charge in [-0.1, -0.05) is 17.7 Å². The highest BCUT2D eigenvalue weighted by Gasteiger charge is 2.22. The molecule has 0 unspecified atom stereocenters. The molecule has 1 aromatic carbocycles. The van der Waals surface area contributed by atoms with Crippen LogP contribution in [0, 0.1) is 34.6 Å². The molecule has 5 nitrogen and oxygen atoms in total. The SMILES string of the molecule is Cc1cc(C)c(NC(=O)[C@H](C)OC(=O)c2cc(C)oc2C)c(C)c1. The Labute approximate surface area is 142 Å². The highest BCUT2D eigenvalue weighted by molar-refractivity contribution is 5.98. The summed E-state index contributed by atoms with van der Waals surface area (Å²) in [5.41, 5.74) is 4.17. The molecule has 0 bridgehead atoms. The predicted molar refractivity (Wildman–Crippen MR) is 92.3 cm³/mol. The maximum Gasteiger partial charge on any atom is 0.342 e. The lowest BCUT2D eigenvalue weighted by Gasteiger charge is -2.16. The number of hydrogen-bond acceptors (Lipinski definition) is 4. The third-order valence-corrected chi connectivity index (χ3v) is 3.84. The zero-order valence-corrected chi connectivity index (χ0v) is 14.9. The van der Waals surface area contributed by atoms with Gasteiger partial charge in [-0.3, -0.25) is 4.79 Å². The molecule has 0 saturated heterocycles. The molecule has 0 spiro atoms. The van der Waals surface area contributed by atoms with Crippen LogP contribution in [0.4, 0.5) is 5.69 Å². The number of rotatable bonds is 4. The first kappa shape index (κ1) is 17.8. The summed E-state index contributed by atoms with van der Waals surface area (Å²) in [7, 11) is 0. The molecule has 0 radical (unpaired) electrons. The lowest BCUT2D eigenvalue weighted by atomic mass is 10.0. The van der Waals surface area contributed by atoms with Crippen LogP contribution < -0.4 is 5.32 Å². The van der Waals surface area contributed by atoms with Gasteiger partial charge in [-0.15, -0.1) is 0 Å². The van der Waals surface area contributed by atoms with E-state index in [1.54, 1.807) is 26.8 Å². The molecule has 2 rings (SSSR count). The number of anilines is 1. The average Bonchev–Trinajstić information content (AvgIpc) is 2.81. The first-order valence-corrected chi connectivity index (χ1v) is 7.85. The van der Waals surface area contributed by atoms with Gasteiger partial charge in [0.2, 0.25) is 0 Å². The van der Waals surface area contributed by atoms with Crippen molar-refractivity contribution in [1.29, 1.82) is 0 Å². The van der Waals surface area contributed by atoms with Gasteiger partial charge in [0, 0.05) is 5.69 Å². The Morgan fingerprint density at radius 3 is 2.12 bits per heavy atom. The highest BCUT2D eigenvalue weighted by Crippen LogP contribution is 2.22. The molecule has 1 aromatic heterocycles. The smallest absolute Gasteiger partial charge is 0.342 e. The first-order valence-electron chi connectivity index (χ1n) is 7.85. The van der Waals surface area contributed by atoms with Crippen LogP contribution in [-0.2, 0) is 9.53 Å². The second-order valence-electron chi connectivity index (χ2n) is 6.14. The molecule has 1 atom stereocenters. The molecule has 1 heterocycles. The van der Waals surface area contributed by atoms with E-state index in [4.69, 9.17) is 9.15 Å². The third kappa shape index (κ3) is 3.85. The summed E-state index contributed by atoms with van der Waals surface area (Å²) in [4.78, 5) is 24.5. The summed E-state index contributed by atoms with van der Waals surface area (Å²) in [5.74, 6) is 0.179. The average molecular weight is 329 g/mol. The molecule has 0 aliphatic heterocycles. The number of carbonyl (C=O) groups excluding carboxylic acids is 2. The molecule has 1 amide bonds. The van der Waals surface area contributed by atoms with E-state index in [0.29, 0.717) is 17.1 Å². The molecule has 2 aromatic rings. The fraction of sp³-hybridized carbons (Fsp3) is 0.368. The zero-order chi connectivity index (χ0) is 18.0. The number of esters is 1. The second-order valence-corrected chi connectivity index (χ2v) is 6.14. The van der Waals surface area contributed by atoms with Crippen molar-refractivity contribution < 1.29 is 18.7 Å². The fourth-order valence-electron chi connectivity index (χ4n) is 2.71. The van der Waals surface area contributed by atoms with Crippen LogP contribution in [0.15, 0.2) is 22.6 Å². The van der Waals surface area contributed by atoms with Gasteiger partial charge in [0.1, 0.15) is 17.1 Å². The van der Waals surface area contributed by atoms with Gasteiger partial charge in [-0.2, -0.15) is 0 Å². The van der Waals surface area contributed by atoms with Crippen molar-refractivity contribution in [1.82, 2.24) is 0 Å². The van der Waals surface area contributed by atoms with E-state index in [9.17, 15) is 9.59 Å². The summed E-state index contributed by atoms with van der Waals surface area (Å²) in [6, 6.07) is 5.60. The van der Waals surface area contributed by atoms with Gasteiger partial charge in [0.15, 0.2) is 6.10 Å². The van der Waals surface area contributed by atoms with E-state index < -0.39 is 12.1 Å². The van der Waals surface area contributed by atoms with Gasteiger partial charge >= 0.3 is 5.97 Å².